The number of amides is 2. The fourth-order valence-electron chi connectivity index (χ4n) is 3.23. The fraction of sp³-hybridized carbons (Fsp3) is 0.238. The first kappa shape index (κ1) is 20.8. The maximum Gasteiger partial charge on any atom is 0.300 e. The van der Waals surface area contributed by atoms with Gasteiger partial charge >= 0.3 is 0 Å². The predicted octanol–water partition coefficient (Wildman–Crippen LogP) is 2.08. The van der Waals surface area contributed by atoms with Crippen LogP contribution in [0.3, 0.4) is 0 Å². The van der Waals surface area contributed by atoms with Crippen molar-refractivity contribution in [3.63, 3.8) is 0 Å². The predicted molar refractivity (Wildman–Crippen MR) is 108 cm³/mol. The van der Waals surface area contributed by atoms with Gasteiger partial charge in [-0.05, 0) is 19.1 Å². The average Bonchev–Trinajstić information content (AvgIpc) is 2.96. The lowest BCUT2D eigenvalue weighted by Crippen LogP contribution is -2.37. The number of carbonyl (C=O) groups is 4. The second-order valence-electron chi connectivity index (χ2n) is 6.45. The summed E-state index contributed by atoms with van der Waals surface area (Å²) in [7, 11) is 4.13. The van der Waals surface area contributed by atoms with E-state index in [1.54, 1.807) is 18.2 Å². The largest absolute Gasteiger partial charge is 0.493 e. The van der Waals surface area contributed by atoms with E-state index in [0.717, 1.165) is 4.90 Å². The Kier molecular flexibility index (Phi) is 5.72. The summed E-state index contributed by atoms with van der Waals surface area (Å²) in [6, 6.07) is 7.86. The molecule has 0 atom stereocenters. The lowest BCUT2D eigenvalue weighted by atomic mass is 10.1. The Balaban J connectivity index is 1.92. The lowest BCUT2D eigenvalue weighted by molar-refractivity contribution is -0.118. The van der Waals surface area contributed by atoms with Crippen LogP contribution in [0.5, 0.6) is 17.2 Å². The molecule has 0 aliphatic carbocycles. The van der Waals surface area contributed by atoms with Crippen LogP contribution in [-0.4, -0.2) is 51.3 Å². The van der Waals surface area contributed by atoms with Crippen molar-refractivity contribution in [2.24, 2.45) is 0 Å². The van der Waals surface area contributed by atoms with Crippen molar-refractivity contribution in [2.45, 2.75) is 6.92 Å². The number of fused-ring (bicyclic) bond motifs is 1. The van der Waals surface area contributed by atoms with Gasteiger partial charge in [0.05, 0.1) is 32.6 Å². The van der Waals surface area contributed by atoms with Gasteiger partial charge in [0.2, 0.25) is 11.7 Å². The second kappa shape index (κ2) is 8.24. The number of nitrogens with one attached hydrogen (secondary N) is 1. The first-order valence-electron chi connectivity index (χ1n) is 8.92. The van der Waals surface area contributed by atoms with E-state index in [2.05, 4.69) is 5.32 Å². The summed E-state index contributed by atoms with van der Waals surface area (Å²) in [6.07, 6.45) is 0. The molecule has 2 aromatic carbocycles. The zero-order valence-electron chi connectivity index (χ0n) is 16.9. The number of hydrogen-bond donors (Lipinski definition) is 1. The van der Waals surface area contributed by atoms with Gasteiger partial charge in [-0.1, -0.05) is 12.1 Å². The number of ketones is 2. The van der Waals surface area contributed by atoms with Crippen LogP contribution in [0.1, 0.15) is 27.6 Å². The summed E-state index contributed by atoms with van der Waals surface area (Å²) in [5.41, 5.74) is 1.03. The number of anilines is 2. The first-order chi connectivity index (χ1) is 14.3. The van der Waals surface area contributed by atoms with Crippen molar-refractivity contribution in [3.05, 3.63) is 41.5 Å². The number of hydrogen-bond acceptors (Lipinski definition) is 7. The summed E-state index contributed by atoms with van der Waals surface area (Å²) >= 11 is 0. The highest BCUT2D eigenvalue weighted by Gasteiger charge is 2.42. The molecular weight excluding hydrogens is 392 g/mol. The molecule has 1 heterocycles. The minimum atomic E-state index is -0.869. The van der Waals surface area contributed by atoms with Gasteiger partial charge < -0.3 is 19.5 Å². The van der Waals surface area contributed by atoms with Crippen molar-refractivity contribution in [1.82, 2.24) is 0 Å². The highest BCUT2D eigenvalue weighted by atomic mass is 16.5. The second-order valence-corrected chi connectivity index (χ2v) is 6.45. The normalized spacial score (nSPS) is 12.5. The molecular formula is C21H20N2O7. The van der Waals surface area contributed by atoms with E-state index >= 15 is 0 Å². The van der Waals surface area contributed by atoms with E-state index in [1.165, 1.54) is 40.4 Å². The third-order valence-electron chi connectivity index (χ3n) is 4.62. The lowest BCUT2D eigenvalue weighted by Gasteiger charge is -2.19. The minimum Gasteiger partial charge on any atom is -0.493 e. The van der Waals surface area contributed by atoms with Gasteiger partial charge in [0, 0.05) is 17.3 Å². The molecule has 2 aromatic rings. The number of nitrogens with zero attached hydrogens (tertiary/aromatic N) is 1. The molecule has 0 unspecified atom stereocenters. The molecule has 9 nitrogen and oxygen atoms in total. The highest BCUT2D eigenvalue weighted by molar-refractivity contribution is 6.53. The summed E-state index contributed by atoms with van der Waals surface area (Å²) in [5.74, 6) is -1.89. The molecule has 9 heteroatoms. The van der Waals surface area contributed by atoms with E-state index in [-0.39, 0.29) is 34.3 Å². The topological polar surface area (TPSA) is 111 Å². The molecule has 0 fully saturated rings. The highest BCUT2D eigenvalue weighted by Crippen LogP contribution is 2.47. The molecule has 0 aromatic heterocycles. The number of methoxy groups -OCH3 is 3. The Labute approximate surface area is 172 Å². The van der Waals surface area contributed by atoms with Crippen molar-refractivity contribution in [1.29, 1.82) is 0 Å². The number of carbonyl (C=O) groups excluding carboxylic acids is 4. The number of rotatable bonds is 7. The third kappa shape index (κ3) is 3.57. The minimum absolute atomic E-state index is 0.00604. The van der Waals surface area contributed by atoms with Crippen LogP contribution in [0.2, 0.25) is 0 Å². The summed E-state index contributed by atoms with van der Waals surface area (Å²) < 4.78 is 15.8. The maximum atomic E-state index is 12.6. The molecule has 0 spiro atoms. The van der Waals surface area contributed by atoms with Gasteiger partial charge in [-0.25, -0.2) is 0 Å². The quantitative estimate of drug-likeness (QED) is 0.547. The zero-order chi connectivity index (χ0) is 22.0. The third-order valence-corrected chi connectivity index (χ3v) is 4.62. The van der Waals surface area contributed by atoms with Crippen LogP contribution in [0.4, 0.5) is 11.4 Å². The molecule has 2 amide bonds. The summed E-state index contributed by atoms with van der Waals surface area (Å²) in [4.78, 5) is 50.3. The fourth-order valence-corrected chi connectivity index (χ4v) is 3.23. The van der Waals surface area contributed by atoms with E-state index < -0.39 is 24.1 Å². The molecule has 156 valence electrons. The standard InChI is InChI=1S/C21H20N2O7/c1-11(24)12-6-5-7-13(8-12)22-16(25)10-23-14-9-15(28-2)19(29-3)20(30-4)17(14)18(26)21(23)27/h5-9H,10H2,1-4H3,(H,22,25). The van der Waals surface area contributed by atoms with Gasteiger partial charge in [0.1, 0.15) is 6.54 Å². The Hall–Kier alpha value is -3.88. The van der Waals surface area contributed by atoms with Crippen LogP contribution < -0.4 is 24.4 Å². The van der Waals surface area contributed by atoms with Gasteiger partial charge in [-0.3, -0.25) is 24.1 Å². The van der Waals surface area contributed by atoms with E-state index in [0.29, 0.717) is 11.3 Å². The van der Waals surface area contributed by atoms with E-state index in [4.69, 9.17) is 14.2 Å². The molecule has 1 aliphatic rings. The van der Waals surface area contributed by atoms with Gasteiger partial charge in [0.25, 0.3) is 11.7 Å². The van der Waals surface area contributed by atoms with Crippen LogP contribution in [-0.2, 0) is 9.59 Å². The van der Waals surface area contributed by atoms with Crippen molar-refractivity contribution >= 4 is 34.8 Å². The number of ether oxygens (including phenoxy) is 3. The first-order valence-corrected chi connectivity index (χ1v) is 8.92. The van der Waals surface area contributed by atoms with E-state index in [9.17, 15) is 19.2 Å². The van der Waals surface area contributed by atoms with Gasteiger partial charge in [0.15, 0.2) is 17.3 Å². The number of Topliss-reactive ketones (excluding diaryl/α,β-unsaturated/α-hetero) is 2. The average molecular weight is 412 g/mol. The molecule has 1 N–H and O–H groups in total. The van der Waals surface area contributed by atoms with Crippen molar-refractivity contribution in [3.8, 4) is 17.2 Å². The molecule has 0 saturated carbocycles. The smallest absolute Gasteiger partial charge is 0.300 e. The van der Waals surface area contributed by atoms with Crippen molar-refractivity contribution < 1.29 is 33.4 Å². The Morgan fingerprint density at radius 2 is 1.70 bits per heavy atom. The molecule has 30 heavy (non-hydrogen) atoms. The molecule has 0 radical (unpaired) electrons. The van der Waals surface area contributed by atoms with Crippen LogP contribution in [0.25, 0.3) is 0 Å². The maximum absolute atomic E-state index is 12.6. The number of benzene rings is 2. The Morgan fingerprint density at radius 3 is 2.30 bits per heavy atom. The van der Waals surface area contributed by atoms with Crippen LogP contribution in [0, 0.1) is 0 Å². The van der Waals surface area contributed by atoms with Crippen LogP contribution in [0.15, 0.2) is 30.3 Å². The molecule has 0 saturated heterocycles. The molecule has 0 bridgehead atoms. The zero-order valence-corrected chi connectivity index (χ0v) is 16.9. The molecule has 3 rings (SSSR count). The van der Waals surface area contributed by atoms with Gasteiger partial charge in [-0.2, -0.15) is 0 Å². The van der Waals surface area contributed by atoms with Crippen LogP contribution >= 0.6 is 0 Å². The monoisotopic (exact) mass is 412 g/mol. The SMILES string of the molecule is COc1cc2c(c(OC)c1OC)C(=O)C(=O)N2CC(=O)Nc1cccc(C(C)=O)c1. The van der Waals surface area contributed by atoms with Crippen molar-refractivity contribution in [2.75, 3.05) is 38.1 Å². The Bertz CT molecular complexity index is 1060. The summed E-state index contributed by atoms with van der Waals surface area (Å²) in [5, 5.41) is 2.63. The van der Waals surface area contributed by atoms with Gasteiger partial charge in [-0.15, -0.1) is 0 Å². The van der Waals surface area contributed by atoms with E-state index in [1.807, 2.05) is 0 Å². The Morgan fingerprint density at radius 1 is 1.00 bits per heavy atom. The molecule has 1 aliphatic heterocycles. The summed E-state index contributed by atoms with van der Waals surface area (Å²) in [6.45, 7) is 1.00.